The second-order valence-corrected chi connectivity index (χ2v) is 3.42. The molecule has 0 saturated carbocycles. The van der Waals surface area contributed by atoms with Crippen LogP contribution in [0.2, 0.25) is 0 Å². The van der Waals surface area contributed by atoms with E-state index in [2.05, 4.69) is 27.8 Å². The Balaban J connectivity index is 2.89. The summed E-state index contributed by atoms with van der Waals surface area (Å²) < 4.78 is 0.905. The van der Waals surface area contributed by atoms with Crippen molar-refractivity contribution in [2.45, 2.75) is 6.42 Å². The summed E-state index contributed by atoms with van der Waals surface area (Å²) in [6, 6.07) is 5.15. The maximum Gasteiger partial charge on any atom is 0.131 e. The normalized spacial score (nSPS) is 9.08. The minimum Gasteiger partial charge on any atom is -0.507 e. The number of halogens is 1. The maximum absolute atomic E-state index is 9.38. The molecule has 68 valence electrons. The van der Waals surface area contributed by atoms with Crippen molar-refractivity contribution >= 4 is 15.9 Å². The molecule has 0 aliphatic heterocycles. The zero-order chi connectivity index (χ0) is 9.68. The van der Waals surface area contributed by atoms with E-state index in [1.807, 2.05) is 0 Å². The van der Waals surface area contributed by atoms with Crippen molar-refractivity contribution in [2.24, 2.45) is 5.73 Å². The average molecular weight is 240 g/mol. The molecular weight excluding hydrogens is 230 g/mol. The van der Waals surface area contributed by atoms with E-state index in [1.54, 1.807) is 18.2 Å². The zero-order valence-electron chi connectivity index (χ0n) is 7.05. The largest absolute Gasteiger partial charge is 0.507 e. The fraction of sp³-hybridized carbons (Fsp3) is 0.200. The highest BCUT2D eigenvalue weighted by Gasteiger charge is 1.96. The van der Waals surface area contributed by atoms with Crippen LogP contribution in [0.15, 0.2) is 22.7 Å². The zero-order valence-corrected chi connectivity index (χ0v) is 8.63. The highest BCUT2D eigenvalue weighted by molar-refractivity contribution is 9.10. The molecule has 0 aromatic heterocycles. The lowest BCUT2D eigenvalue weighted by atomic mass is 10.2. The van der Waals surface area contributed by atoms with Crippen molar-refractivity contribution in [3.05, 3.63) is 28.2 Å². The van der Waals surface area contributed by atoms with Crippen LogP contribution < -0.4 is 5.73 Å². The van der Waals surface area contributed by atoms with Crippen LogP contribution in [-0.2, 0) is 0 Å². The van der Waals surface area contributed by atoms with Crippen molar-refractivity contribution in [2.75, 3.05) is 6.54 Å². The molecule has 1 aromatic rings. The highest BCUT2D eigenvalue weighted by atomic mass is 79.9. The molecular formula is C10H10BrNO. The van der Waals surface area contributed by atoms with Crippen LogP contribution in [0, 0.1) is 11.8 Å². The van der Waals surface area contributed by atoms with Gasteiger partial charge in [0.05, 0.1) is 5.56 Å². The molecule has 1 rings (SSSR count). The fourth-order valence-electron chi connectivity index (χ4n) is 0.838. The first-order valence-electron chi connectivity index (χ1n) is 3.91. The number of rotatable bonds is 1. The number of hydrogen-bond acceptors (Lipinski definition) is 2. The smallest absolute Gasteiger partial charge is 0.131 e. The van der Waals surface area contributed by atoms with Gasteiger partial charge in [-0.2, -0.15) is 0 Å². The lowest BCUT2D eigenvalue weighted by molar-refractivity contribution is 0.473. The molecule has 0 spiro atoms. The summed E-state index contributed by atoms with van der Waals surface area (Å²) in [5, 5.41) is 9.38. The molecule has 3 heteroatoms. The number of benzene rings is 1. The van der Waals surface area contributed by atoms with E-state index in [-0.39, 0.29) is 5.75 Å². The minimum absolute atomic E-state index is 0.202. The topological polar surface area (TPSA) is 46.2 Å². The molecule has 0 unspecified atom stereocenters. The predicted octanol–water partition coefficient (Wildman–Crippen LogP) is 1.85. The summed E-state index contributed by atoms with van der Waals surface area (Å²) in [6.07, 6.45) is 0.645. The van der Waals surface area contributed by atoms with Gasteiger partial charge in [-0.3, -0.25) is 0 Å². The number of nitrogens with two attached hydrogens (primary N) is 1. The molecule has 13 heavy (non-hydrogen) atoms. The van der Waals surface area contributed by atoms with Crippen LogP contribution in [0.25, 0.3) is 0 Å². The first kappa shape index (κ1) is 10.1. The molecule has 2 nitrogen and oxygen atoms in total. The Morgan fingerprint density at radius 1 is 1.46 bits per heavy atom. The Kier molecular flexibility index (Phi) is 3.81. The molecule has 0 heterocycles. The average Bonchev–Trinajstić information content (AvgIpc) is 2.11. The van der Waals surface area contributed by atoms with Gasteiger partial charge in [-0.15, -0.1) is 0 Å². The Morgan fingerprint density at radius 2 is 2.23 bits per heavy atom. The summed E-state index contributed by atoms with van der Waals surface area (Å²) in [6.45, 7) is 0.543. The fourth-order valence-corrected chi connectivity index (χ4v) is 1.20. The van der Waals surface area contributed by atoms with Crippen molar-refractivity contribution in [3.8, 4) is 17.6 Å². The highest BCUT2D eigenvalue weighted by Crippen LogP contribution is 2.20. The number of hydrogen-bond donors (Lipinski definition) is 2. The van der Waals surface area contributed by atoms with Gasteiger partial charge in [-0.05, 0) is 18.2 Å². The third kappa shape index (κ3) is 3.10. The first-order valence-corrected chi connectivity index (χ1v) is 4.71. The van der Waals surface area contributed by atoms with Gasteiger partial charge in [-0.1, -0.05) is 27.8 Å². The number of aromatic hydroxyl groups is 1. The number of phenols is 1. The molecule has 0 amide bonds. The van der Waals surface area contributed by atoms with Gasteiger partial charge in [0.2, 0.25) is 0 Å². The monoisotopic (exact) mass is 239 g/mol. The molecule has 0 radical (unpaired) electrons. The molecule has 1 aromatic carbocycles. The Hall–Kier alpha value is -0.980. The predicted molar refractivity (Wildman–Crippen MR) is 56.4 cm³/mol. The summed E-state index contributed by atoms with van der Waals surface area (Å²) in [5.41, 5.74) is 5.91. The van der Waals surface area contributed by atoms with Gasteiger partial charge in [0.15, 0.2) is 0 Å². The van der Waals surface area contributed by atoms with Crippen molar-refractivity contribution in [1.29, 1.82) is 0 Å². The van der Waals surface area contributed by atoms with Crippen molar-refractivity contribution in [3.63, 3.8) is 0 Å². The van der Waals surface area contributed by atoms with Gasteiger partial charge >= 0.3 is 0 Å². The standard InChI is InChI=1S/C10H10BrNO/c11-9-4-5-10(13)8(7-9)3-1-2-6-12/h4-5,7,13H,2,6,12H2. The molecule has 0 aliphatic rings. The molecule has 0 atom stereocenters. The summed E-state index contributed by atoms with van der Waals surface area (Å²) in [5.74, 6) is 5.91. The second-order valence-electron chi connectivity index (χ2n) is 2.50. The van der Waals surface area contributed by atoms with E-state index in [0.29, 0.717) is 18.5 Å². The van der Waals surface area contributed by atoms with E-state index in [4.69, 9.17) is 5.73 Å². The molecule has 0 bridgehead atoms. The van der Waals surface area contributed by atoms with Crippen LogP contribution in [0.5, 0.6) is 5.75 Å². The van der Waals surface area contributed by atoms with Crippen molar-refractivity contribution < 1.29 is 5.11 Å². The SMILES string of the molecule is NCCC#Cc1cc(Br)ccc1O. The van der Waals surface area contributed by atoms with Gasteiger partial charge < -0.3 is 10.8 Å². The van der Waals surface area contributed by atoms with Crippen LogP contribution in [0.1, 0.15) is 12.0 Å². The van der Waals surface area contributed by atoms with Gasteiger partial charge in [0.1, 0.15) is 5.75 Å². The van der Waals surface area contributed by atoms with E-state index in [0.717, 1.165) is 4.47 Å². The molecule has 3 N–H and O–H groups in total. The third-order valence-corrected chi connectivity index (χ3v) is 1.94. The summed E-state index contributed by atoms with van der Waals surface area (Å²) in [4.78, 5) is 0. The van der Waals surface area contributed by atoms with Crippen LogP contribution in [0.4, 0.5) is 0 Å². The van der Waals surface area contributed by atoms with Crippen molar-refractivity contribution in [1.82, 2.24) is 0 Å². The van der Waals surface area contributed by atoms with Gasteiger partial charge in [0.25, 0.3) is 0 Å². The molecule has 0 fully saturated rings. The Labute approximate surface area is 85.9 Å². The summed E-state index contributed by atoms with van der Waals surface area (Å²) in [7, 11) is 0. The Bertz CT molecular complexity index is 352. The van der Waals surface area contributed by atoms with Crippen LogP contribution in [0.3, 0.4) is 0 Å². The molecule has 0 aliphatic carbocycles. The van der Waals surface area contributed by atoms with Gasteiger partial charge in [0, 0.05) is 17.4 Å². The summed E-state index contributed by atoms with van der Waals surface area (Å²) >= 11 is 3.30. The van der Waals surface area contributed by atoms with E-state index >= 15 is 0 Å². The quantitative estimate of drug-likeness (QED) is 0.736. The Morgan fingerprint density at radius 3 is 2.92 bits per heavy atom. The van der Waals surface area contributed by atoms with E-state index in [1.165, 1.54) is 0 Å². The lowest BCUT2D eigenvalue weighted by Gasteiger charge is -1.96. The second kappa shape index (κ2) is 4.90. The third-order valence-electron chi connectivity index (χ3n) is 1.45. The first-order chi connectivity index (χ1) is 6.24. The van der Waals surface area contributed by atoms with Crippen LogP contribution >= 0.6 is 15.9 Å². The van der Waals surface area contributed by atoms with Crippen LogP contribution in [-0.4, -0.2) is 11.7 Å². The van der Waals surface area contributed by atoms with E-state index in [9.17, 15) is 5.11 Å². The van der Waals surface area contributed by atoms with E-state index < -0.39 is 0 Å². The minimum atomic E-state index is 0.202. The molecule has 0 saturated heterocycles. The maximum atomic E-state index is 9.38. The number of phenolic OH excluding ortho intramolecular Hbond substituents is 1. The lowest BCUT2D eigenvalue weighted by Crippen LogP contribution is -1.95. The van der Waals surface area contributed by atoms with Gasteiger partial charge in [-0.25, -0.2) is 0 Å².